The second-order valence-electron chi connectivity index (χ2n) is 8.03. The summed E-state index contributed by atoms with van der Waals surface area (Å²) in [7, 11) is -3.73. The molecule has 0 aliphatic rings. The molecule has 28 heavy (non-hydrogen) atoms. The number of sulfonamides is 1. The third-order valence-corrected chi connectivity index (χ3v) is 6.09. The van der Waals surface area contributed by atoms with Crippen LogP contribution in [0.3, 0.4) is 0 Å². The average Bonchev–Trinajstić information content (AvgIpc) is 3.08. The van der Waals surface area contributed by atoms with E-state index >= 15 is 0 Å². The van der Waals surface area contributed by atoms with Gasteiger partial charge in [0.15, 0.2) is 0 Å². The summed E-state index contributed by atoms with van der Waals surface area (Å²) < 4.78 is 30.9. The van der Waals surface area contributed by atoms with Gasteiger partial charge in [-0.2, -0.15) is 5.10 Å². The maximum absolute atomic E-state index is 13.2. The minimum atomic E-state index is -3.73. The number of rotatable bonds is 6. The lowest BCUT2D eigenvalue weighted by atomic mass is 9.92. The van der Waals surface area contributed by atoms with E-state index in [2.05, 4.69) is 9.82 Å². The van der Waals surface area contributed by atoms with E-state index < -0.39 is 15.4 Å². The van der Waals surface area contributed by atoms with Gasteiger partial charge in [0.2, 0.25) is 10.0 Å². The van der Waals surface area contributed by atoms with Crippen LogP contribution in [0.4, 0.5) is 0 Å². The Kier molecular flexibility index (Phi) is 5.72. The molecule has 5 nitrogen and oxygen atoms in total. The Bertz CT molecular complexity index is 1020. The molecular formula is C22H27N3O2S. The summed E-state index contributed by atoms with van der Waals surface area (Å²) in [5, 5.41) is 4.62. The van der Waals surface area contributed by atoms with Gasteiger partial charge < -0.3 is 0 Å². The van der Waals surface area contributed by atoms with E-state index in [9.17, 15) is 8.42 Å². The highest BCUT2D eigenvalue weighted by Gasteiger charge is 2.31. The molecule has 1 unspecified atom stereocenters. The Morgan fingerprint density at radius 1 is 1.00 bits per heavy atom. The third kappa shape index (κ3) is 4.69. The van der Waals surface area contributed by atoms with Crippen LogP contribution in [0.5, 0.6) is 0 Å². The van der Waals surface area contributed by atoms with E-state index in [0.717, 1.165) is 11.1 Å². The highest BCUT2D eigenvalue weighted by molar-refractivity contribution is 7.89. The first-order valence-electron chi connectivity index (χ1n) is 9.36. The van der Waals surface area contributed by atoms with E-state index in [1.165, 1.54) is 0 Å². The Hall–Kier alpha value is -2.44. The molecule has 3 aromatic rings. The van der Waals surface area contributed by atoms with E-state index in [1.807, 2.05) is 88.4 Å². The fraction of sp³-hybridized carbons (Fsp3) is 0.318. The van der Waals surface area contributed by atoms with Crippen molar-refractivity contribution < 1.29 is 8.42 Å². The predicted molar refractivity (Wildman–Crippen MR) is 112 cm³/mol. The molecule has 0 radical (unpaired) electrons. The van der Waals surface area contributed by atoms with Crippen LogP contribution in [-0.4, -0.2) is 18.2 Å². The van der Waals surface area contributed by atoms with Crippen molar-refractivity contribution in [1.29, 1.82) is 0 Å². The van der Waals surface area contributed by atoms with Crippen LogP contribution < -0.4 is 4.72 Å². The zero-order valence-corrected chi connectivity index (χ0v) is 17.6. The summed E-state index contributed by atoms with van der Waals surface area (Å²) in [4.78, 5) is 0.235. The molecule has 1 atom stereocenters. The summed E-state index contributed by atoms with van der Waals surface area (Å²) in [5.74, 6) is 0. The number of benzene rings is 2. The number of nitrogens with one attached hydrogen (secondary N) is 1. The van der Waals surface area contributed by atoms with Crippen molar-refractivity contribution in [2.24, 2.45) is 0 Å². The topological polar surface area (TPSA) is 64.0 Å². The first-order chi connectivity index (χ1) is 13.2. The molecule has 6 heteroatoms. The van der Waals surface area contributed by atoms with E-state index in [-0.39, 0.29) is 10.9 Å². The SMILES string of the molecule is CC(NS(=O)(=O)c1cn(Cc2ccccc2)nc1C(C)(C)C)c1ccccc1. The Balaban J connectivity index is 1.94. The normalized spacial score (nSPS) is 13.4. The Morgan fingerprint density at radius 3 is 2.14 bits per heavy atom. The van der Waals surface area contributed by atoms with Crippen LogP contribution in [0, 0.1) is 0 Å². The quantitative estimate of drug-likeness (QED) is 0.676. The van der Waals surface area contributed by atoms with Crippen LogP contribution in [0.1, 0.15) is 50.6 Å². The van der Waals surface area contributed by atoms with Crippen LogP contribution in [0.15, 0.2) is 71.8 Å². The molecule has 0 spiro atoms. The zero-order valence-electron chi connectivity index (χ0n) is 16.8. The van der Waals surface area contributed by atoms with Crippen molar-refractivity contribution in [3.05, 3.63) is 83.7 Å². The van der Waals surface area contributed by atoms with Gasteiger partial charge in [0.1, 0.15) is 4.90 Å². The van der Waals surface area contributed by atoms with Gasteiger partial charge in [0.05, 0.1) is 12.2 Å². The minimum absolute atomic E-state index is 0.235. The highest BCUT2D eigenvalue weighted by atomic mass is 32.2. The molecule has 0 saturated heterocycles. The maximum atomic E-state index is 13.2. The zero-order chi connectivity index (χ0) is 20.4. The van der Waals surface area contributed by atoms with Gasteiger partial charge in [0.25, 0.3) is 0 Å². The molecule has 1 heterocycles. The first-order valence-corrected chi connectivity index (χ1v) is 10.8. The van der Waals surface area contributed by atoms with Crippen molar-refractivity contribution in [2.45, 2.75) is 50.6 Å². The van der Waals surface area contributed by atoms with Crippen molar-refractivity contribution in [3.8, 4) is 0 Å². The molecular weight excluding hydrogens is 370 g/mol. The molecule has 1 N–H and O–H groups in total. The van der Waals surface area contributed by atoms with Crippen LogP contribution >= 0.6 is 0 Å². The molecule has 1 aromatic heterocycles. The van der Waals surface area contributed by atoms with Gasteiger partial charge in [-0.3, -0.25) is 4.68 Å². The molecule has 0 aliphatic carbocycles. The van der Waals surface area contributed by atoms with Crippen molar-refractivity contribution >= 4 is 10.0 Å². The number of hydrogen-bond donors (Lipinski definition) is 1. The lowest BCUT2D eigenvalue weighted by molar-refractivity contribution is 0.528. The van der Waals surface area contributed by atoms with Gasteiger partial charge in [0, 0.05) is 17.7 Å². The van der Waals surface area contributed by atoms with Crippen molar-refractivity contribution in [2.75, 3.05) is 0 Å². The second-order valence-corrected chi connectivity index (χ2v) is 9.71. The molecule has 0 fully saturated rings. The molecule has 0 amide bonds. The monoisotopic (exact) mass is 397 g/mol. The highest BCUT2D eigenvalue weighted by Crippen LogP contribution is 2.29. The first kappa shape index (κ1) is 20.3. The number of hydrogen-bond acceptors (Lipinski definition) is 3. The van der Waals surface area contributed by atoms with Crippen LogP contribution in [0.2, 0.25) is 0 Å². The average molecular weight is 398 g/mol. The second kappa shape index (κ2) is 7.89. The maximum Gasteiger partial charge on any atom is 0.244 e. The van der Waals surface area contributed by atoms with E-state index in [1.54, 1.807) is 10.9 Å². The molecule has 3 rings (SSSR count). The Labute approximate surface area is 167 Å². The molecule has 148 valence electrons. The summed E-state index contributed by atoms with van der Waals surface area (Å²) in [6, 6.07) is 19.1. The van der Waals surface area contributed by atoms with E-state index in [4.69, 9.17) is 0 Å². The molecule has 0 bridgehead atoms. The third-order valence-electron chi connectivity index (χ3n) is 4.55. The largest absolute Gasteiger partial charge is 0.267 e. The van der Waals surface area contributed by atoms with Crippen molar-refractivity contribution in [1.82, 2.24) is 14.5 Å². The lowest BCUT2D eigenvalue weighted by Gasteiger charge is -2.19. The summed E-state index contributed by atoms with van der Waals surface area (Å²) in [5.41, 5.74) is 2.15. The van der Waals surface area contributed by atoms with Gasteiger partial charge in [-0.05, 0) is 18.1 Å². The fourth-order valence-corrected chi connectivity index (χ4v) is 4.67. The van der Waals surface area contributed by atoms with Crippen LogP contribution in [0.25, 0.3) is 0 Å². The smallest absolute Gasteiger partial charge is 0.244 e. The fourth-order valence-electron chi connectivity index (χ4n) is 3.08. The Morgan fingerprint density at radius 2 is 1.57 bits per heavy atom. The molecule has 0 saturated carbocycles. The summed E-state index contributed by atoms with van der Waals surface area (Å²) >= 11 is 0. The van der Waals surface area contributed by atoms with Gasteiger partial charge in [-0.1, -0.05) is 81.4 Å². The lowest BCUT2D eigenvalue weighted by Crippen LogP contribution is -2.29. The summed E-state index contributed by atoms with van der Waals surface area (Å²) in [6.07, 6.45) is 1.63. The number of aromatic nitrogens is 2. The minimum Gasteiger partial charge on any atom is -0.267 e. The predicted octanol–water partition coefficient (Wildman–Crippen LogP) is 4.27. The van der Waals surface area contributed by atoms with Crippen molar-refractivity contribution in [3.63, 3.8) is 0 Å². The number of nitrogens with zero attached hydrogens (tertiary/aromatic N) is 2. The van der Waals surface area contributed by atoms with E-state index in [0.29, 0.717) is 12.2 Å². The van der Waals surface area contributed by atoms with Gasteiger partial charge >= 0.3 is 0 Å². The van der Waals surface area contributed by atoms with Crippen LogP contribution in [-0.2, 0) is 22.0 Å². The molecule has 2 aromatic carbocycles. The van der Waals surface area contributed by atoms with Gasteiger partial charge in [-0.15, -0.1) is 0 Å². The standard InChI is InChI=1S/C22H27N3O2S/c1-17(19-13-9-6-10-14-19)24-28(26,27)20-16-25(23-21(20)22(2,3)4)15-18-11-7-5-8-12-18/h5-14,16-17,24H,15H2,1-4H3. The summed E-state index contributed by atoms with van der Waals surface area (Å²) in [6.45, 7) is 8.29. The van der Waals surface area contributed by atoms with Gasteiger partial charge in [-0.25, -0.2) is 13.1 Å². The molecule has 0 aliphatic heterocycles.